The van der Waals surface area contributed by atoms with E-state index in [2.05, 4.69) is 23.0 Å². The van der Waals surface area contributed by atoms with Gasteiger partial charge in [0.15, 0.2) is 5.65 Å². The van der Waals surface area contributed by atoms with Crippen LogP contribution in [0, 0.1) is 24.2 Å². The number of anilines is 1. The van der Waals surface area contributed by atoms with Gasteiger partial charge in [0.2, 0.25) is 0 Å². The number of pyridine rings is 1. The van der Waals surface area contributed by atoms with Gasteiger partial charge in [-0.2, -0.15) is 10.4 Å². The minimum Gasteiger partial charge on any atom is -0.355 e. The molecule has 1 aliphatic heterocycles. The molecule has 104 valence electrons. The van der Waals surface area contributed by atoms with E-state index in [9.17, 15) is 5.26 Å². The molecule has 0 bridgehead atoms. The molecule has 0 unspecified atom stereocenters. The average molecular weight is 269 g/mol. The van der Waals surface area contributed by atoms with Crippen molar-refractivity contribution >= 4 is 16.9 Å². The number of piperidine rings is 1. The molecule has 0 amide bonds. The molecular weight excluding hydrogens is 250 g/mol. The Bertz CT molecular complexity index is 686. The number of hydrogen-bond donors (Lipinski definition) is 0. The molecule has 2 aromatic heterocycles. The Balaban J connectivity index is 2.10. The molecule has 0 radical (unpaired) electrons. The molecule has 0 atom stereocenters. The summed E-state index contributed by atoms with van der Waals surface area (Å²) in [5.74, 6) is 1.58. The minimum absolute atomic E-state index is 0.656. The Morgan fingerprint density at radius 3 is 2.70 bits per heavy atom. The smallest absolute Gasteiger partial charge is 0.160 e. The van der Waals surface area contributed by atoms with Crippen molar-refractivity contribution in [2.24, 2.45) is 13.0 Å². The summed E-state index contributed by atoms with van der Waals surface area (Å²) in [6.07, 6.45) is 2.32. The van der Waals surface area contributed by atoms with Gasteiger partial charge in [-0.1, -0.05) is 6.92 Å². The Morgan fingerprint density at radius 2 is 2.05 bits per heavy atom. The van der Waals surface area contributed by atoms with E-state index in [0.29, 0.717) is 5.56 Å². The van der Waals surface area contributed by atoms with E-state index in [-0.39, 0.29) is 0 Å². The number of hydrogen-bond acceptors (Lipinski definition) is 4. The largest absolute Gasteiger partial charge is 0.355 e. The predicted octanol–water partition coefficient (Wildman–Crippen LogP) is 2.38. The number of aryl methyl sites for hydroxylation is 2. The number of nitriles is 1. The molecule has 2 aromatic rings. The lowest BCUT2D eigenvalue weighted by molar-refractivity contribution is 0.436. The molecule has 3 rings (SSSR count). The Hall–Kier alpha value is -2.09. The fourth-order valence-corrected chi connectivity index (χ4v) is 2.88. The van der Waals surface area contributed by atoms with E-state index in [4.69, 9.17) is 4.98 Å². The first-order valence-electron chi connectivity index (χ1n) is 7.09. The minimum atomic E-state index is 0.656. The number of fused-ring (bicyclic) bond motifs is 1. The number of aromatic nitrogens is 3. The van der Waals surface area contributed by atoms with Gasteiger partial charge in [0.25, 0.3) is 0 Å². The highest BCUT2D eigenvalue weighted by Crippen LogP contribution is 2.28. The average Bonchev–Trinajstić information content (AvgIpc) is 2.73. The van der Waals surface area contributed by atoms with Gasteiger partial charge in [0, 0.05) is 25.5 Å². The van der Waals surface area contributed by atoms with Crippen molar-refractivity contribution in [3.8, 4) is 6.07 Å². The first kappa shape index (κ1) is 12.9. The van der Waals surface area contributed by atoms with Gasteiger partial charge in [-0.3, -0.25) is 4.68 Å². The molecule has 3 heterocycles. The van der Waals surface area contributed by atoms with E-state index in [1.165, 1.54) is 0 Å². The molecule has 20 heavy (non-hydrogen) atoms. The maximum absolute atomic E-state index is 9.41. The van der Waals surface area contributed by atoms with Crippen molar-refractivity contribution in [2.45, 2.75) is 26.7 Å². The van der Waals surface area contributed by atoms with Crippen LogP contribution in [-0.2, 0) is 7.05 Å². The Kier molecular flexibility index (Phi) is 3.09. The van der Waals surface area contributed by atoms with Crippen LogP contribution in [0.2, 0.25) is 0 Å². The fraction of sp³-hybridized carbons (Fsp3) is 0.533. The third-order valence-electron chi connectivity index (χ3n) is 4.18. The zero-order valence-corrected chi connectivity index (χ0v) is 12.2. The summed E-state index contributed by atoms with van der Waals surface area (Å²) in [5, 5.41) is 14.8. The third-order valence-corrected chi connectivity index (χ3v) is 4.18. The summed E-state index contributed by atoms with van der Waals surface area (Å²) in [5.41, 5.74) is 2.43. The van der Waals surface area contributed by atoms with Crippen LogP contribution < -0.4 is 4.90 Å². The van der Waals surface area contributed by atoms with Crippen LogP contribution in [0.5, 0.6) is 0 Å². The second-order valence-corrected chi connectivity index (χ2v) is 5.72. The van der Waals surface area contributed by atoms with E-state index < -0.39 is 0 Å². The van der Waals surface area contributed by atoms with Crippen LogP contribution in [0.1, 0.15) is 31.0 Å². The van der Waals surface area contributed by atoms with E-state index in [1.807, 2.05) is 20.0 Å². The lowest BCUT2D eigenvalue weighted by atomic mass is 9.99. The van der Waals surface area contributed by atoms with Gasteiger partial charge in [0.05, 0.1) is 11.3 Å². The Labute approximate surface area is 118 Å². The van der Waals surface area contributed by atoms with Crippen LogP contribution in [0.4, 0.5) is 5.82 Å². The van der Waals surface area contributed by atoms with Crippen LogP contribution in [0.3, 0.4) is 0 Å². The van der Waals surface area contributed by atoms with E-state index in [0.717, 1.165) is 54.4 Å². The monoisotopic (exact) mass is 269 g/mol. The summed E-state index contributed by atoms with van der Waals surface area (Å²) in [6, 6.07) is 4.22. The maximum Gasteiger partial charge on any atom is 0.160 e. The SMILES string of the molecule is Cc1nn(C)c2nc(N3CCC(C)CC3)c(C#N)cc12. The van der Waals surface area contributed by atoms with Crippen LogP contribution in [0.15, 0.2) is 6.07 Å². The lowest BCUT2D eigenvalue weighted by Crippen LogP contribution is -2.34. The summed E-state index contributed by atoms with van der Waals surface area (Å²) in [6.45, 7) is 6.19. The number of nitrogens with zero attached hydrogens (tertiary/aromatic N) is 5. The molecule has 0 saturated carbocycles. The zero-order valence-electron chi connectivity index (χ0n) is 12.2. The molecule has 1 aliphatic rings. The molecule has 0 spiro atoms. The third kappa shape index (κ3) is 2.01. The molecule has 1 fully saturated rings. The standard InChI is InChI=1S/C15H19N5/c1-10-4-6-20(7-5-10)14-12(9-16)8-13-11(2)18-19(3)15(13)17-14/h8,10H,4-7H2,1-3H3. The van der Waals surface area contributed by atoms with Crippen LogP contribution >= 0.6 is 0 Å². The summed E-state index contributed by atoms with van der Waals surface area (Å²) >= 11 is 0. The van der Waals surface area contributed by atoms with Gasteiger partial charge in [-0.25, -0.2) is 4.98 Å². The zero-order chi connectivity index (χ0) is 14.3. The molecule has 0 N–H and O–H groups in total. The van der Waals surface area contributed by atoms with Crippen molar-refractivity contribution in [1.82, 2.24) is 14.8 Å². The molecule has 5 heteroatoms. The van der Waals surface area contributed by atoms with Crippen molar-refractivity contribution in [2.75, 3.05) is 18.0 Å². The first-order valence-corrected chi connectivity index (χ1v) is 7.09. The van der Waals surface area contributed by atoms with Gasteiger partial charge >= 0.3 is 0 Å². The second kappa shape index (κ2) is 4.78. The molecule has 0 aromatic carbocycles. The summed E-state index contributed by atoms with van der Waals surface area (Å²) < 4.78 is 1.79. The molecule has 5 nitrogen and oxygen atoms in total. The van der Waals surface area contributed by atoms with Gasteiger partial charge in [0.1, 0.15) is 11.9 Å². The first-order chi connectivity index (χ1) is 9.60. The van der Waals surface area contributed by atoms with Gasteiger partial charge in [-0.05, 0) is 31.7 Å². The topological polar surface area (TPSA) is 57.7 Å². The van der Waals surface area contributed by atoms with Crippen molar-refractivity contribution in [3.63, 3.8) is 0 Å². The number of rotatable bonds is 1. The highest BCUT2D eigenvalue weighted by atomic mass is 15.3. The molecule has 0 aliphatic carbocycles. The van der Waals surface area contributed by atoms with Crippen LogP contribution in [0.25, 0.3) is 11.0 Å². The van der Waals surface area contributed by atoms with Gasteiger partial charge in [-0.15, -0.1) is 0 Å². The van der Waals surface area contributed by atoms with Crippen molar-refractivity contribution < 1.29 is 0 Å². The van der Waals surface area contributed by atoms with Crippen molar-refractivity contribution in [1.29, 1.82) is 5.26 Å². The Morgan fingerprint density at radius 1 is 1.35 bits per heavy atom. The predicted molar refractivity (Wildman–Crippen MR) is 78.6 cm³/mol. The van der Waals surface area contributed by atoms with E-state index in [1.54, 1.807) is 4.68 Å². The highest BCUT2D eigenvalue weighted by molar-refractivity contribution is 5.82. The maximum atomic E-state index is 9.41. The normalized spacial score (nSPS) is 16.6. The fourth-order valence-electron chi connectivity index (χ4n) is 2.88. The van der Waals surface area contributed by atoms with E-state index >= 15 is 0 Å². The lowest BCUT2D eigenvalue weighted by Gasteiger charge is -2.31. The highest BCUT2D eigenvalue weighted by Gasteiger charge is 2.21. The quantitative estimate of drug-likeness (QED) is 0.797. The molecular formula is C15H19N5. The second-order valence-electron chi connectivity index (χ2n) is 5.72. The molecule has 1 saturated heterocycles. The van der Waals surface area contributed by atoms with Crippen LogP contribution in [-0.4, -0.2) is 27.9 Å². The summed E-state index contributed by atoms with van der Waals surface area (Å²) in [4.78, 5) is 6.96. The van der Waals surface area contributed by atoms with Gasteiger partial charge < -0.3 is 4.90 Å². The van der Waals surface area contributed by atoms with Crippen molar-refractivity contribution in [3.05, 3.63) is 17.3 Å². The summed E-state index contributed by atoms with van der Waals surface area (Å²) in [7, 11) is 1.90.